The summed E-state index contributed by atoms with van der Waals surface area (Å²) in [6.45, 7) is 7.01. The van der Waals surface area contributed by atoms with Crippen molar-refractivity contribution in [1.82, 2.24) is 19.7 Å². The van der Waals surface area contributed by atoms with Gasteiger partial charge in [-0.05, 0) is 37.1 Å². The van der Waals surface area contributed by atoms with Gasteiger partial charge >= 0.3 is 0 Å². The SMILES string of the molecule is O=C(CN1CCN(Cc2nc(-c3ccc(F)cc3)cs2)CC1)N1CCCCCC1. The first-order valence-corrected chi connectivity index (χ1v) is 11.5. The van der Waals surface area contributed by atoms with Crippen molar-refractivity contribution < 1.29 is 9.18 Å². The highest BCUT2D eigenvalue weighted by molar-refractivity contribution is 7.09. The monoisotopic (exact) mass is 416 g/mol. The number of carbonyl (C=O) groups is 1. The number of nitrogens with zero attached hydrogens (tertiary/aromatic N) is 4. The number of aromatic nitrogens is 1. The molecule has 2 saturated heterocycles. The molecule has 0 saturated carbocycles. The summed E-state index contributed by atoms with van der Waals surface area (Å²) in [5, 5.41) is 3.12. The fraction of sp³-hybridized carbons (Fsp3) is 0.545. The summed E-state index contributed by atoms with van der Waals surface area (Å²) in [4.78, 5) is 24.1. The van der Waals surface area contributed by atoms with Crippen LogP contribution in [0.25, 0.3) is 11.3 Å². The lowest BCUT2D eigenvalue weighted by molar-refractivity contribution is -0.132. The van der Waals surface area contributed by atoms with Gasteiger partial charge in [-0.1, -0.05) is 12.8 Å². The van der Waals surface area contributed by atoms with Gasteiger partial charge in [0.2, 0.25) is 5.91 Å². The number of piperazine rings is 1. The molecular formula is C22H29FN4OS. The molecule has 0 spiro atoms. The summed E-state index contributed by atoms with van der Waals surface area (Å²) in [5.41, 5.74) is 1.86. The number of rotatable bonds is 5. The molecule has 5 nitrogen and oxygen atoms in total. The van der Waals surface area contributed by atoms with E-state index in [-0.39, 0.29) is 5.82 Å². The van der Waals surface area contributed by atoms with E-state index < -0.39 is 0 Å². The van der Waals surface area contributed by atoms with E-state index in [0.717, 1.165) is 74.9 Å². The van der Waals surface area contributed by atoms with Gasteiger partial charge in [0.05, 0.1) is 18.8 Å². The van der Waals surface area contributed by atoms with Crippen LogP contribution in [0, 0.1) is 5.82 Å². The fourth-order valence-electron chi connectivity index (χ4n) is 4.04. The third-order valence-corrected chi connectivity index (χ3v) is 6.67. The number of hydrogen-bond donors (Lipinski definition) is 0. The molecule has 3 heterocycles. The van der Waals surface area contributed by atoms with Gasteiger partial charge in [0.1, 0.15) is 10.8 Å². The van der Waals surface area contributed by atoms with Crippen LogP contribution < -0.4 is 0 Å². The number of likely N-dealkylation sites (tertiary alicyclic amines) is 1. The Balaban J connectivity index is 1.24. The quantitative estimate of drug-likeness (QED) is 0.748. The van der Waals surface area contributed by atoms with Crippen LogP contribution in [-0.2, 0) is 11.3 Å². The van der Waals surface area contributed by atoms with E-state index >= 15 is 0 Å². The van der Waals surface area contributed by atoms with Gasteiger partial charge in [0.25, 0.3) is 0 Å². The molecule has 2 aromatic rings. The number of amides is 1. The van der Waals surface area contributed by atoms with E-state index in [1.165, 1.54) is 25.0 Å². The molecule has 0 atom stereocenters. The summed E-state index contributed by atoms with van der Waals surface area (Å²) in [6.07, 6.45) is 4.80. The number of thiazole rings is 1. The molecule has 2 aliphatic heterocycles. The Bertz CT molecular complexity index is 793. The maximum atomic E-state index is 13.1. The highest BCUT2D eigenvalue weighted by Crippen LogP contribution is 2.23. The number of hydrogen-bond acceptors (Lipinski definition) is 5. The van der Waals surface area contributed by atoms with Crippen molar-refractivity contribution in [3.05, 3.63) is 40.5 Å². The van der Waals surface area contributed by atoms with Crippen molar-refractivity contribution in [1.29, 1.82) is 0 Å². The van der Waals surface area contributed by atoms with Crippen LogP contribution in [0.2, 0.25) is 0 Å². The zero-order chi connectivity index (χ0) is 20.1. The first-order valence-electron chi connectivity index (χ1n) is 10.6. The molecule has 0 bridgehead atoms. The van der Waals surface area contributed by atoms with Crippen LogP contribution in [0.15, 0.2) is 29.6 Å². The number of benzene rings is 1. The van der Waals surface area contributed by atoms with Gasteiger partial charge in [0.15, 0.2) is 0 Å². The molecule has 156 valence electrons. The van der Waals surface area contributed by atoms with Crippen molar-refractivity contribution in [2.45, 2.75) is 32.2 Å². The van der Waals surface area contributed by atoms with Gasteiger partial charge in [-0.3, -0.25) is 14.6 Å². The van der Waals surface area contributed by atoms with Gasteiger partial charge in [-0.25, -0.2) is 9.37 Å². The molecule has 0 aliphatic carbocycles. The minimum absolute atomic E-state index is 0.226. The van der Waals surface area contributed by atoms with E-state index in [0.29, 0.717) is 12.5 Å². The van der Waals surface area contributed by atoms with Crippen molar-refractivity contribution in [2.75, 3.05) is 45.8 Å². The largest absolute Gasteiger partial charge is 0.342 e. The Morgan fingerprint density at radius 2 is 1.59 bits per heavy atom. The molecule has 7 heteroatoms. The zero-order valence-corrected chi connectivity index (χ0v) is 17.7. The first kappa shape index (κ1) is 20.4. The predicted octanol–water partition coefficient (Wildman–Crippen LogP) is 3.47. The second-order valence-electron chi connectivity index (χ2n) is 7.98. The van der Waals surface area contributed by atoms with E-state index in [9.17, 15) is 9.18 Å². The van der Waals surface area contributed by atoms with E-state index in [1.54, 1.807) is 23.5 Å². The van der Waals surface area contributed by atoms with Crippen LogP contribution >= 0.6 is 11.3 Å². The molecule has 2 aliphatic rings. The molecule has 4 rings (SSSR count). The van der Waals surface area contributed by atoms with E-state index in [4.69, 9.17) is 4.98 Å². The van der Waals surface area contributed by atoms with Crippen molar-refractivity contribution in [2.24, 2.45) is 0 Å². The van der Waals surface area contributed by atoms with E-state index in [2.05, 4.69) is 14.7 Å². The summed E-state index contributed by atoms with van der Waals surface area (Å²) in [7, 11) is 0. The third-order valence-electron chi connectivity index (χ3n) is 5.83. The summed E-state index contributed by atoms with van der Waals surface area (Å²) < 4.78 is 13.1. The normalized spacial score (nSPS) is 19.3. The lowest BCUT2D eigenvalue weighted by atomic mass is 10.2. The maximum Gasteiger partial charge on any atom is 0.236 e. The molecule has 1 aromatic carbocycles. The van der Waals surface area contributed by atoms with Crippen molar-refractivity contribution >= 4 is 17.2 Å². The minimum atomic E-state index is -0.226. The van der Waals surface area contributed by atoms with Crippen LogP contribution in [0.4, 0.5) is 4.39 Å². The standard InChI is InChI=1S/C22H29FN4OS/c23-19-7-5-18(6-8-19)20-17-29-21(24-20)15-25-11-13-26(14-12-25)16-22(28)27-9-3-1-2-4-10-27/h5-8,17H,1-4,9-16H2. The van der Waals surface area contributed by atoms with Crippen LogP contribution in [0.3, 0.4) is 0 Å². The Morgan fingerprint density at radius 3 is 2.28 bits per heavy atom. The Morgan fingerprint density at radius 1 is 0.931 bits per heavy atom. The predicted molar refractivity (Wildman–Crippen MR) is 114 cm³/mol. The smallest absolute Gasteiger partial charge is 0.236 e. The maximum absolute atomic E-state index is 13.1. The second kappa shape index (κ2) is 9.78. The highest BCUT2D eigenvalue weighted by atomic mass is 32.1. The molecule has 0 radical (unpaired) electrons. The first-order chi connectivity index (χ1) is 14.2. The van der Waals surface area contributed by atoms with Gasteiger partial charge < -0.3 is 4.90 Å². The van der Waals surface area contributed by atoms with Gasteiger partial charge in [-0.2, -0.15) is 0 Å². The number of halogens is 1. The van der Waals surface area contributed by atoms with Crippen molar-refractivity contribution in [3.63, 3.8) is 0 Å². The minimum Gasteiger partial charge on any atom is -0.342 e. The number of carbonyl (C=O) groups excluding carboxylic acids is 1. The van der Waals surface area contributed by atoms with Crippen molar-refractivity contribution in [3.8, 4) is 11.3 Å². The van der Waals surface area contributed by atoms with Crippen LogP contribution in [-0.4, -0.2) is 71.4 Å². The average Bonchev–Trinajstić information content (AvgIpc) is 3.02. The molecule has 0 N–H and O–H groups in total. The fourth-order valence-corrected chi connectivity index (χ4v) is 4.89. The lowest BCUT2D eigenvalue weighted by Crippen LogP contribution is -2.49. The van der Waals surface area contributed by atoms with Crippen LogP contribution in [0.5, 0.6) is 0 Å². The topological polar surface area (TPSA) is 39.7 Å². The average molecular weight is 417 g/mol. The molecule has 0 unspecified atom stereocenters. The molecule has 1 amide bonds. The lowest BCUT2D eigenvalue weighted by Gasteiger charge is -2.34. The molecule has 29 heavy (non-hydrogen) atoms. The summed E-state index contributed by atoms with van der Waals surface area (Å²) >= 11 is 1.65. The Kier molecular flexibility index (Phi) is 6.90. The highest BCUT2D eigenvalue weighted by Gasteiger charge is 2.23. The van der Waals surface area contributed by atoms with Gasteiger partial charge in [-0.15, -0.1) is 11.3 Å². The zero-order valence-electron chi connectivity index (χ0n) is 16.9. The van der Waals surface area contributed by atoms with E-state index in [1.807, 2.05) is 5.38 Å². The summed E-state index contributed by atoms with van der Waals surface area (Å²) in [6, 6.07) is 6.49. The van der Waals surface area contributed by atoms with Gasteiger partial charge in [0, 0.05) is 50.2 Å². The third kappa shape index (κ3) is 5.62. The Labute approximate surface area is 176 Å². The second-order valence-corrected chi connectivity index (χ2v) is 8.92. The molecule has 2 fully saturated rings. The molecule has 1 aromatic heterocycles. The summed E-state index contributed by atoms with van der Waals surface area (Å²) in [5.74, 6) is 0.0700. The Hall–Kier alpha value is -1.83. The van der Waals surface area contributed by atoms with Crippen LogP contribution in [0.1, 0.15) is 30.7 Å². The molecular weight excluding hydrogens is 387 g/mol.